The fraction of sp³-hybridized carbons (Fsp3) is 0.917. The zero-order valence-electron chi connectivity index (χ0n) is 10.3. The highest BCUT2D eigenvalue weighted by Gasteiger charge is 2.16. The van der Waals surface area contributed by atoms with Gasteiger partial charge in [-0.05, 0) is 12.8 Å². The maximum atomic E-state index is 11.6. The van der Waals surface area contributed by atoms with Crippen molar-refractivity contribution >= 4 is 28.6 Å². The van der Waals surface area contributed by atoms with E-state index >= 15 is 0 Å². The lowest BCUT2D eigenvalue weighted by atomic mass is 10.00. The summed E-state index contributed by atoms with van der Waals surface area (Å²) in [6, 6.07) is 0. The molecule has 0 amide bonds. The van der Waals surface area contributed by atoms with Crippen molar-refractivity contribution in [2.24, 2.45) is 5.92 Å². The Bertz CT molecular complexity index is 174. The molecule has 0 bridgehead atoms. The van der Waals surface area contributed by atoms with Gasteiger partial charge in [-0.3, -0.25) is 4.79 Å². The van der Waals surface area contributed by atoms with Crippen molar-refractivity contribution in [1.29, 1.82) is 0 Å². The molecule has 0 aliphatic carbocycles. The molecule has 0 spiro atoms. The Morgan fingerprint density at radius 3 is 2.56 bits per heavy atom. The van der Waals surface area contributed by atoms with E-state index in [2.05, 4.69) is 29.5 Å². The summed E-state index contributed by atoms with van der Waals surface area (Å²) in [4.78, 5) is 11.6. The van der Waals surface area contributed by atoms with Crippen LogP contribution in [0.3, 0.4) is 0 Å². The first kappa shape index (κ1) is 16.2. The van der Waals surface area contributed by atoms with E-state index in [1.165, 1.54) is 0 Å². The van der Waals surface area contributed by atoms with E-state index in [9.17, 15) is 4.79 Å². The molecule has 1 unspecified atom stereocenters. The summed E-state index contributed by atoms with van der Waals surface area (Å²) in [5.41, 5.74) is 0. The van der Waals surface area contributed by atoms with Crippen molar-refractivity contribution in [2.45, 2.75) is 39.5 Å². The predicted molar refractivity (Wildman–Crippen MR) is 74.0 cm³/mol. The maximum Gasteiger partial charge on any atom is 0.308 e. The maximum absolute atomic E-state index is 11.6. The average molecular weight is 342 g/mol. The Balaban J connectivity index is 3.58. The normalized spacial score (nSPS) is 12.4. The second kappa shape index (κ2) is 11.6. The van der Waals surface area contributed by atoms with Crippen LogP contribution in [-0.4, -0.2) is 30.2 Å². The van der Waals surface area contributed by atoms with Gasteiger partial charge >= 0.3 is 5.97 Å². The highest BCUT2D eigenvalue weighted by molar-refractivity contribution is 14.1. The van der Waals surface area contributed by atoms with Gasteiger partial charge in [0, 0.05) is 4.43 Å². The van der Waals surface area contributed by atoms with Crippen LogP contribution in [0.4, 0.5) is 0 Å². The van der Waals surface area contributed by atoms with Gasteiger partial charge in [-0.15, -0.1) is 0 Å². The minimum Gasteiger partial charge on any atom is -0.463 e. The van der Waals surface area contributed by atoms with Crippen LogP contribution in [0, 0.1) is 5.92 Å². The largest absolute Gasteiger partial charge is 0.463 e. The van der Waals surface area contributed by atoms with E-state index in [1.807, 2.05) is 6.92 Å². The van der Waals surface area contributed by atoms with Crippen LogP contribution in [-0.2, 0) is 14.3 Å². The fourth-order valence-corrected chi connectivity index (χ4v) is 1.73. The SMILES string of the molecule is CCCCC(CC)C(=O)OCCOCCI. The minimum absolute atomic E-state index is 0.0611. The highest BCUT2D eigenvalue weighted by Crippen LogP contribution is 2.14. The monoisotopic (exact) mass is 342 g/mol. The quantitative estimate of drug-likeness (QED) is 0.265. The number of ether oxygens (including phenoxy) is 2. The Hall–Kier alpha value is 0.160. The summed E-state index contributed by atoms with van der Waals surface area (Å²) in [6.07, 6.45) is 4.04. The van der Waals surface area contributed by atoms with Crippen LogP contribution in [0.2, 0.25) is 0 Å². The fourth-order valence-electron chi connectivity index (χ4n) is 1.41. The van der Waals surface area contributed by atoms with Gasteiger partial charge in [0.2, 0.25) is 0 Å². The zero-order chi connectivity index (χ0) is 12.2. The minimum atomic E-state index is -0.0611. The molecule has 0 heterocycles. The number of alkyl halides is 1. The standard InChI is InChI=1S/C12H23IO3/c1-3-5-6-11(4-2)12(14)16-10-9-15-8-7-13/h11H,3-10H2,1-2H3. The second-order valence-corrected chi connectivity index (χ2v) is 4.80. The zero-order valence-corrected chi connectivity index (χ0v) is 12.5. The van der Waals surface area contributed by atoms with Crippen LogP contribution in [0.5, 0.6) is 0 Å². The third-order valence-corrected chi connectivity index (χ3v) is 2.87. The van der Waals surface area contributed by atoms with Crippen molar-refractivity contribution in [2.75, 3.05) is 24.2 Å². The van der Waals surface area contributed by atoms with E-state index in [1.54, 1.807) is 0 Å². The van der Waals surface area contributed by atoms with Gasteiger partial charge in [0.1, 0.15) is 6.61 Å². The number of hydrogen-bond acceptors (Lipinski definition) is 3. The summed E-state index contributed by atoms with van der Waals surface area (Å²) in [6.45, 7) is 5.80. The lowest BCUT2D eigenvalue weighted by molar-refractivity contribution is -0.150. The first-order chi connectivity index (χ1) is 7.76. The molecule has 0 rings (SSSR count). The average Bonchev–Trinajstić information content (AvgIpc) is 2.30. The number of rotatable bonds is 10. The number of carbonyl (C=O) groups is 1. The van der Waals surface area contributed by atoms with Crippen LogP contribution in [0.25, 0.3) is 0 Å². The summed E-state index contributed by atoms with van der Waals surface area (Å²) in [7, 11) is 0. The molecule has 16 heavy (non-hydrogen) atoms. The van der Waals surface area contributed by atoms with Crippen molar-refractivity contribution in [1.82, 2.24) is 0 Å². The third kappa shape index (κ3) is 8.33. The van der Waals surface area contributed by atoms with Gasteiger partial charge in [-0.1, -0.05) is 49.3 Å². The molecule has 0 fully saturated rings. The van der Waals surface area contributed by atoms with Crippen molar-refractivity contribution in [3.8, 4) is 0 Å². The third-order valence-electron chi connectivity index (χ3n) is 2.43. The van der Waals surface area contributed by atoms with Crippen LogP contribution in [0.1, 0.15) is 39.5 Å². The summed E-state index contributed by atoms with van der Waals surface area (Å²) >= 11 is 2.25. The topological polar surface area (TPSA) is 35.5 Å². The molecule has 96 valence electrons. The van der Waals surface area contributed by atoms with Gasteiger partial charge in [0.15, 0.2) is 0 Å². The second-order valence-electron chi connectivity index (χ2n) is 3.72. The number of hydrogen-bond donors (Lipinski definition) is 0. The number of halogens is 1. The van der Waals surface area contributed by atoms with E-state index < -0.39 is 0 Å². The first-order valence-corrected chi connectivity index (χ1v) is 7.59. The highest BCUT2D eigenvalue weighted by atomic mass is 127. The first-order valence-electron chi connectivity index (χ1n) is 6.06. The van der Waals surface area contributed by atoms with Crippen LogP contribution < -0.4 is 0 Å². The van der Waals surface area contributed by atoms with Crippen molar-refractivity contribution in [3.05, 3.63) is 0 Å². The molecular formula is C12H23IO3. The number of esters is 1. The lowest BCUT2D eigenvalue weighted by Crippen LogP contribution is -2.19. The van der Waals surface area contributed by atoms with Crippen molar-refractivity contribution < 1.29 is 14.3 Å². The molecule has 0 aromatic carbocycles. The van der Waals surface area contributed by atoms with Gasteiger partial charge in [0.05, 0.1) is 19.1 Å². The van der Waals surface area contributed by atoms with E-state index in [4.69, 9.17) is 9.47 Å². The molecule has 0 aliphatic heterocycles. The number of carbonyl (C=O) groups excluding carboxylic acids is 1. The van der Waals surface area contributed by atoms with Crippen LogP contribution >= 0.6 is 22.6 Å². The Morgan fingerprint density at radius 2 is 2.00 bits per heavy atom. The predicted octanol–water partition coefficient (Wildman–Crippen LogP) is 3.20. The molecule has 0 aliphatic rings. The molecule has 0 saturated carbocycles. The number of unbranched alkanes of at least 4 members (excludes halogenated alkanes) is 1. The molecule has 0 aromatic rings. The molecule has 0 aromatic heterocycles. The summed E-state index contributed by atoms with van der Waals surface area (Å²) in [5, 5.41) is 0. The van der Waals surface area contributed by atoms with Crippen molar-refractivity contribution in [3.63, 3.8) is 0 Å². The molecule has 0 saturated heterocycles. The Labute approximate surface area is 112 Å². The Morgan fingerprint density at radius 1 is 1.25 bits per heavy atom. The molecular weight excluding hydrogens is 319 g/mol. The molecule has 3 nitrogen and oxygen atoms in total. The smallest absolute Gasteiger partial charge is 0.308 e. The summed E-state index contributed by atoms with van der Waals surface area (Å²) < 4.78 is 11.4. The van der Waals surface area contributed by atoms with E-state index in [0.717, 1.165) is 36.7 Å². The Kier molecular flexibility index (Phi) is 11.8. The molecule has 0 N–H and O–H groups in total. The van der Waals surface area contributed by atoms with E-state index in [-0.39, 0.29) is 11.9 Å². The lowest BCUT2D eigenvalue weighted by Gasteiger charge is -2.13. The summed E-state index contributed by atoms with van der Waals surface area (Å²) in [5.74, 6) is 0.0125. The van der Waals surface area contributed by atoms with E-state index in [0.29, 0.717) is 13.2 Å². The van der Waals surface area contributed by atoms with Gasteiger partial charge in [0.25, 0.3) is 0 Å². The molecule has 0 radical (unpaired) electrons. The molecule has 1 atom stereocenters. The van der Waals surface area contributed by atoms with Gasteiger partial charge in [-0.25, -0.2) is 0 Å². The van der Waals surface area contributed by atoms with Gasteiger partial charge < -0.3 is 9.47 Å². The van der Waals surface area contributed by atoms with Crippen LogP contribution in [0.15, 0.2) is 0 Å². The van der Waals surface area contributed by atoms with Gasteiger partial charge in [-0.2, -0.15) is 0 Å². The molecule has 4 heteroatoms.